The normalized spacial score (nSPS) is 13.0. The number of anilines is 3. The lowest BCUT2D eigenvalue weighted by Crippen LogP contribution is -2.27. The Morgan fingerprint density at radius 1 is 0.250 bits per heavy atom. The molecule has 0 saturated heterocycles. The summed E-state index contributed by atoms with van der Waals surface area (Å²) >= 11 is 0. The van der Waals surface area contributed by atoms with Gasteiger partial charge >= 0.3 is 0 Å². The number of hydrogen-bond donors (Lipinski definition) is 0. The third-order valence-corrected chi connectivity index (χ3v) is 16.3. The van der Waals surface area contributed by atoms with E-state index in [1.807, 2.05) is 0 Å². The molecule has 1 nitrogen and oxygen atoms in total. The Labute approximate surface area is 449 Å². The van der Waals surface area contributed by atoms with E-state index in [0.29, 0.717) is 0 Å². The molecule has 0 fully saturated rings. The number of rotatable bonds is 8. The highest BCUT2D eigenvalue weighted by atomic mass is 15.1. The summed E-state index contributed by atoms with van der Waals surface area (Å²) in [6.45, 7) is 14.0. The number of benzene rings is 11. The molecule has 11 aromatic rings. The molecular formula is C75H61N. The molecule has 76 heavy (non-hydrogen) atoms. The zero-order chi connectivity index (χ0) is 51.8. The Bertz CT molecular complexity index is 3910. The molecule has 0 N–H and O–H groups in total. The quantitative estimate of drug-likeness (QED) is 0.147. The largest absolute Gasteiger partial charge is 0.310 e. The minimum atomic E-state index is -0.497. The minimum absolute atomic E-state index is 0.0241. The van der Waals surface area contributed by atoms with Gasteiger partial charge in [0.05, 0.1) is 11.1 Å². The molecular weight excluding hydrogens is 915 g/mol. The van der Waals surface area contributed by atoms with Crippen molar-refractivity contribution in [3.8, 4) is 77.9 Å². The molecule has 0 amide bonds. The maximum Gasteiger partial charge on any atom is 0.0725 e. The second-order valence-electron chi connectivity index (χ2n) is 22.8. The summed E-state index contributed by atoms with van der Waals surface area (Å²) in [5, 5.41) is 0. The summed E-state index contributed by atoms with van der Waals surface area (Å²) in [5.74, 6) is 0. The van der Waals surface area contributed by atoms with E-state index in [-0.39, 0.29) is 10.8 Å². The van der Waals surface area contributed by atoms with Crippen molar-refractivity contribution < 1.29 is 0 Å². The van der Waals surface area contributed by atoms with Gasteiger partial charge in [-0.15, -0.1) is 0 Å². The first-order chi connectivity index (χ1) is 37.0. The Kier molecular flexibility index (Phi) is 11.3. The molecule has 2 aliphatic carbocycles. The van der Waals surface area contributed by atoms with Crippen LogP contribution in [-0.2, 0) is 16.2 Å². The SMILES string of the molecule is CC(C)(C)c1ccc2c(c1)C1(c3ccccc3-c3cc(N(c4ccc(-c5ccc(-c6ccccc6)cc5)cc4)c4ccccc4-c4ccccc4-c4ccccc4-c4ccccc4)ccc31)c1cc(C(C)(C)C)ccc1-2. The molecule has 0 unspecified atom stereocenters. The zero-order valence-electron chi connectivity index (χ0n) is 44.3. The maximum absolute atomic E-state index is 2.54. The maximum atomic E-state index is 2.54. The van der Waals surface area contributed by atoms with E-state index in [1.54, 1.807) is 0 Å². The van der Waals surface area contributed by atoms with Crippen LogP contribution in [0.4, 0.5) is 17.1 Å². The van der Waals surface area contributed by atoms with Crippen molar-refractivity contribution >= 4 is 17.1 Å². The highest BCUT2D eigenvalue weighted by molar-refractivity contribution is 6.00. The van der Waals surface area contributed by atoms with E-state index < -0.39 is 5.41 Å². The molecule has 0 saturated carbocycles. The van der Waals surface area contributed by atoms with Crippen molar-refractivity contribution in [2.75, 3.05) is 4.90 Å². The van der Waals surface area contributed by atoms with E-state index in [1.165, 1.54) is 106 Å². The summed E-state index contributed by atoms with van der Waals surface area (Å²) in [4.78, 5) is 2.50. The van der Waals surface area contributed by atoms with Gasteiger partial charge in [-0.25, -0.2) is 0 Å². The van der Waals surface area contributed by atoms with E-state index >= 15 is 0 Å². The van der Waals surface area contributed by atoms with Crippen LogP contribution in [0.2, 0.25) is 0 Å². The van der Waals surface area contributed by atoms with Crippen molar-refractivity contribution in [1.29, 1.82) is 0 Å². The molecule has 1 heteroatoms. The summed E-state index contributed by atoms with van der Waals surface area (Å²) in [6, 6.07) is 97.5. The zero-order valence-corrected chi connectivity index (χ0v) is 44.3. The minimum Gasteiger partial charge on any atom is -0.310 e. The van der Waals surface area contributed by atoms with Crippen LogP contribution in [0.1, 0.15) is 74.9 Å². The van der Waals surface area contributed by atoms with Crippen LogP contribution in [0, 0.1) is 0 Å². The predicted octanol–water partition coefficient (Wildman–Crippen LogP) is 20.4. The van der Waals surface area contributed by atoms with E-state index in [4.69, 9.17) is 0 Å². The molecule has 0 heterocycles. The smallest absolute Gasteiger partial charge is 0.0725 e. The lowest BCUT2D eigenvalue weighted by atomic mass is 9.69. The van der Waals surface area contributed by atoms with Crippen molar-refractivity contribution in [2.45, 2.75) is 57.8 Å². The first-order valence-electron chi connectivity index (χ1n) is 26.9. The first kappa shape index (κ1) is 47.0. The number of hydrogen-bond acceptors (Lipinski definition) is 1. The lowest BCUT2D eigenvalue weighted by Gasteiger charge is -2.33. The van der Waals surface area contributed by atoms with Crippen molar-refractivity contribution in [2.24, 2.45) is 0 Å². The third kappa shape index (κ3) is 7.76. The number of nitrogens with zero attached hydrogens (tertiary/aromatic N) is 1. The molecule has 0 aliphatic heterocycles. The fourth-order valence-corrected chi connectivity index (χ4v) is 12.4. The van der Waals surface area contributed by atoms with Gasteiger partial charge in [-0.2, -0.15) is 0 Å². The van der Waals surface area contributed by atoms with Crippen molar-refractivity contribution in [1.82, 2.24) is 0 Å². The van der Waals surface area contributed by atoms with Gasteiger partial charge in [-0.05, 0) is 147 Å². The van der Waals surface area contributed by atoms with Crippen LogP contribution in [0.5, 0.6) is 0 Å². The molecule has 0 atom stereocenters. The van der Waals surface area contributed by atoms with E-state index in [0.717, 1.165) is 22.6 Å². The fraction of sp³-hybridized carbons (Fsp3) is 0.120. The second-order valence-corrected chi connectivity index (χ2v) is 22.8. The molecule has 2 aliphatic rings. The van der Waals surface area contributed by atoms with Crippen LogP contribution < -0.4 is 4.90 Å². The summed E-state index contributed by atoms with van der Waals surface area (Å²) in [6.07, 6.45) is 0. The molecule has 0 bridgehead atoms. The van der Waals surface area contributed by atoms with Crippen LogP contribution in [0.3, 0.4) is 0 Å². The van der Waals surface area contributed by atoms with Gasteiger partial charge in [0.1, 0.15) is 0 Å². The summed E-state index contributed by atoms with van der Waals surface area (Å²) < 4.78 is 0. The summed E-state index contributed by atoms with van der Waals surface area (Å²) in [5.41, 5.74) is 28.0. The van der Waals surface area contributed by atoms with Gasteiger partial charge in [0.25, 0.3) is 0 Å². The molecule has 0 aromatic heterocycles. The van der Waals surface area contributed by atoms with Crippen LogP contribution >= 0.6 is 0 Å². The van der Waals surface area contributed by atoms with Crippen LogP contribution in [-0.4, -0.2) is 0 Å². The van der Waals surface area contributed by atoms with E-state index in [2.05, 4.69) is 307 Å². The van der Waals surface area contributed by atoms with Gasteiger partial charge < -0.3 is 4.90 Å². The monoisotopic (exact) mass is 975 g/mol. The highest BCUT2D eigenvalue weighted by Gasteiger charge is 2.52. The second kappa shape index (κ2) is 18.3. The van der Waals surface area contributed by atoms with Gasteiger partial charge in [0.15, 0.2) is 0 Å². The van der Waals surface area contributed by atoms with Gasteiger partial charge in [-0.3, -0.25) is 0 Å². The Morgan fingerprint density at radius 2 is 0.632 bits per heavy atom. The highest BCUT2D eigenvalue weighted by Crippen LogP contribution is 2.64. The predicted molar refractivity (Wildman–Crippen MR) is 322 cm³/mol. The fourth-order valence-electron chi connectivity index (χ4n) is 12.4. The Morgan fingerprint density at radius 3 is 1.18 bits per heavy atom. The Balaban J connectivity index is 1.02. The van der Waals surface area contributed by atoms with Gasteiger partial charge in [-0.1, -0.05) is 272 Å². The Hall–Kier alpha value is -8.78. The molecule has 11 aromatic carbocycles. The first-order valence-corrected chi connectivity index (χ1v) is 26.9. The third-order valence-electron chi connectivity index (χ3n) is 16.3. The average molecular weight is 976 g/mol. The number of fused-ring (bicyclic) bond motifs is 10. The standard InChI is InChI=1S/C75H61N/c1-73(2,3)55-39-44-64-65-45-40-56(74(4,5)6)48-71(65)75(70(64)47-55)68-31-19-17-29-63(68)67-49-58(43-46-69(67)75)76(57-41-37-53(38-42-57)52-35-33-51(34-36-52)50-21-9-7-10-22-50)72-32-20-18-30-66(72)62-28-16-15-27-61(62)60-26-14-13-25-59(60)54-23-11-8-12-24-54/h7-49H,1-6H3. The van der Waals surface area contributed by atoms with Gasteiger partial charge in [0, 0.05) is 16.9 Å². The van der Waals surface area contributed by atoms with Crippen molar-refractivity contribution in [3.63, 3.8) is 0 Å². The number of para-hydroxylation sites is 1. The molecule has 0 radical (unpaired) electrons. The summed E-state index contributed by atoms with van der Waals surface area (Å²) in [7, 11) is 0. The topological polar surface area (TPSA) is 3.24 Å². The van der Waals surface area contributed by atoms with Crippen LogP contribution in [0.25, 0.3) is 77.9 Å². The van der Waals surface area contributed by atoms with Crippen molar-refractivity contribution in [3.05, 3.63) is 294 Å². The molecule has 1 spiro atoms. The molecule has 13 rings (SSSR count). The van der Waals surface area contributed by atoms with Gasteiger partial charge in [0.2, 0.25) is 0 Å². The molecule has 366 valence electrons. The van der Waals surface area contributed by atoms with Crippen LogP contribution in [0.15, 0.2) is 261 Å². The van der Waals surface area contributed by atoms with E-state index in [9.17, 15) is 0 Å². The average Bonchev–Trinajstić information content (AvgIpc) is 4.04. The lowest BCUT2D eigenvalue weighted by molar-refractivity contribution is 0.586.